The van der Waals surface area contributed by atoms with E-state index in [0.29, 0.717) is 18.6 Å². The topological polar surface area (TPSA) is 82.0 Å². The fourth-order valence-electron chi connectivity index (χ4n) is 2.70. The lowest BCUT2D eigenvalue weighted by Gasteiger charge is -2.36. The second kappa shape index (κ2) is 5.69. The maximum absolute atomic E-state index is 12.2. The van der Waals surface area contributed by atoms with Crippen molar-refractivity contribution in [3.8, 4) is 0 Å². The zero-order chi connectivity index (χ0) is 13.9. The first kappa shape index (κ1) is 14.0. The standard InChI is InChI=1S/C13H21N3O3/c1-16-11(18)6-5-10(15-16)12(19)14-13(9-17)7-3-2-4-8-13/h17H,2-9H2,1H3,(H,14,19). The Balaban J connectivity index is 2.04. The van der Waals surface area contributed by atoms with Crippen LogP contribution in [-0.4, -0.2) is 46.8 Å². The van der Waals surface area contributed by atoms with Crippen molar-refractivity contribution in [2.45, 2.75) is 50.5 Å². The van der Waals surface area contributed by atoms with Gasteiger partial charge in [0.05, 0.1) is 12.1 Å². The quantitative estimate of drug-likeness (QED) is 0.777. The second-order valence-corrected chi connectivity index (χ2v) is 5.42. The van der Waals surface area contributed by atoms with E-state index in [1.54, 1.807) is 7.05 Å². The second-order valence-electron chi connectivity index (χ2n) is 5.42. The molecule has 0 aromatic carbocycles. The molecule has 2 amide bonds. The number of aliphatic hydroxyl groups excluding tert-OH is 1. The summed E-state index contributed by atoms with van der Waals surface area (Å²) in [6.45, 7) is -0.0409. The molecule has 106 valence electrons. The molecule has 0 bridgehead atoms. The van der Waals surface area contributed by atoms with Crippen LogP contribution in [0.3, 0.4) is 0 Å². The van der Waals surface area contributed by atoms with Gasteiger partial charge in [-0.05, 0) is 12.8 Å². The Labute approximate surface area is 112 Å². The van der Waals surface area contributed by atoms with Crippen molar-refractivity contribution in [2.75, 3.05) is 13.7 Å². The van der Waals surface area contributed by atoms with Crippen molar-refractivity contribution in [2.24, 2.45) is 5.10 Å². The molecule has 19 heavy (non-hydrogen) atoms. The molecule has 0 aromatic rings. The number of hydrogen-bond donors (Lipinski definition) is 2. The Morgan fingerprint density at radius 3 is 2.63 bits per heavy atom. The zero-order valence-corrected chi connectivity index (χ0v) is 11.3. The smallest absolute Gasteiger partial charge is 0.268 e. The molecule has 1 aliphatic heterocycles. The summed E-state index contributed by atoms with van der Waals surface area (Å²) in [5, 5.41) is 17.7. The number of rotatable bonds is 3. The molecule has 1 saturated carbocycles. The first-order valence-electron chi connectivity index (χ1n) is 6.84. The third-order valence-corrected chi connectivity index (χ3v) is 3.96. The summed E-state index contributed by atoms with van der Waals surface area (Å²) in [5.41, 5.74) is -0.127. The Bertz CT molecular complexity index is 400. The summed E-state index contributed by atoms with van der Waals surface area (Å²) in [4.78, 5) is 23.5. The molecule has 0 radical (unpaired) electrons. The lowest BCUT2D eigenvalue weighted by atomic mass is 9.82. The summed E-state index contributed by atoms with van der Waals surface area (Å²) in [7, 11) is 1.55. The Kier molecular flexibility index (Phi) is 4.19. The monoisotopic (exact) mass is 267 g/mol. The van der Waals surface area contributed by atoms with Crippen molar-refractivity contribution >= 4 is 17.5 Å². The van der Waals surface area contributed by atoms with Crippen LogP contribution in [0.5, 0.6) is 0 Å². The number of amides is 2. The minimum atomic E-state index is -0.502. The number of carbonyl (C=O) groups excluding carboxylic acids is 2. The minimum Gasteiger partial charge on any atom is -0.394 e. The average Bonchev–Trinajstić information content (AvgIpc) is 2.43. The van der Waals surface area contributed by atoms with Crippen molar-refractivity contribution in [1.82, 2.24) is 10.3 Å². The van der Waals surface area contributed by atoms with Crippen LogP contribution in [-0.2, 0) is 9.59 Å². The Morgan fingerprint density at radius 1 is 1.37 bits per heavy atom. The molecule has 0 unspecified atom stereocenters. The number of nitrogens with zero attached hydrogens (tertiary/aromatic N) is 2. The van der Waals surface area contributed by atoms with Crippen LogP contribution in [0.15, 0.2) is 5.10 Å². The Morgan fingerprint density at radius 2 is 2.05 bits per heavy atom. The van der Waals surface area contributed by atoms with E-state index >= 15 is 0 Å². The summed E-state index contributed by atoms with van der Waals surface area (Å²) in [6.07, 6.45) is 5.48. The van der Waals surface area contributed by atoms with Gasteiger partial charge in [0.1, 0.15) is 5.71 Å². The van der Waals surface area contributed by atoms with E-state index in [-0.39, 0.29) is 18.4 Å². The summed E-state index contributed by atoms with van der Waals surface area (Å²) in [6, 6.07) is 0. The van der Waals surface area contributed by atoms with E-state index in [9.17, 15) is 14.7 Å². The molecule has 6 nitrogen and oxygen atoms in total. The van der Waals surface area contributed by atoms with Gasteiger partial charge in [0.25, 0.3) is 5.91 Å². The van der Waals surface area contributed by atoms with Crippen molar-refractivity contribution < 1.29 is 14.7 Å². The van der Waals surface area contributed by atoms with Gasteiger partial charge in [-0.1, -0.05) is 19.3 Å². The van der Waals surface area contributed by atoms with E-state index in [4.69, 9.17) is 0 Å². The third kappa shape index (κ3) is 3.12. The lowest BCUT2D eigenvalue weighted by Crippen LogP contribution is -2.55. The van der Waals surface area contributed by atoms with E-state index < -0.39 is 5.54 Å². The van der Waals surface area contributed by atoms with E-state index in [1.165, 1.54) is 5.01 Å². The highest BCUT2D eigenvalue weighted by Gasteiger charge is 2.34. The van der Waals surface area contributed by atoms with E-state index in [0.717, 1.165) is 32.1 Å². The first-order chi connectivity index (χ1) is 9.06. The molecule has 0 aromatic heterocycles. The SMILES string of the molecule is CN1N=C(C(=O)NC2(CO)CCCCC2)CCC1=O. The molecule has 2 aliphatic rings. The minimum absolute atomic E-state index is 0.0409. The van der Waals surface area contributed by atoms with E-state index in [1.807, 2.05) is 0 Å². The molecule has 6 heteroatoms. The van der Waals surface area contributed by atoms with Gasteiger partial charge < -0.3 is 10.4 Å². The van der Waals surface area contributed by atoms with Gasteiger partial charge in [0.2, 0.25) is 5.91 Å². The van der Waals surface area contributed by atoms with Crippen LogP contribution in [0, 0.1) is 0 Å². The maximum Gasteiger partial charge on any atom is 0.268 e. The molecule has 0 saturated heterocycles. The number of nitrogens with one attached hydrogen (secondary N) is 1. The summed E-state index contributed by atoms with van der Waals surface area (Å²) < 4.78 is 0. The predicted molar refractivity (Wildman–Crippen MR) is 70.5 cm³/mol. The third-order valence-electron chi connectivity index (χ3n) is 3.96. The molecule has 1 aliphatic carbocycles. The molecule has 2 N–H and O–H groups in total. The van der Waals surface area contributed by atoms with Gasteiger partial charge in [-0.2, -0.15) is 5.10 Å². The van der Waals surface area contributed by atoms with Crippen LogP contribution in [0.25, 0.3) is 0 Å². The highest BCUT2D eigenvalue weighted by atomic mass is 16.3. The highest BCUT2D eigenvalue weighted by molar-refractivity contribution is 6.39. The number of hydrogen-bond acceptors (Lipinski definition) is 4. The van der Waals surface area contributed by atoms with Crippen molar-refractivity contribution in [3.63, 3.8) is 0 Å². The van der Waals surface area contributed by atoms with Gasteiger partial charge >= 0.3 is 0 Å². The summed E-state index contributed by atoms with van der Waals surface area (Å²) >= 11 is 0. The van der Waals surface area contributed by atoms with E-state index in [2.05, 4.69) is 10.4 Å². The van der Waals surface area contributed by atoms with Crippen LogP contribution >= 0.6 is 0 Å². The molecular weight excluding hydrogens is 246 g/mol. The van der Waals surface area contributed by atoms with Crippen LogP contribution in [0.4, 0.5) is 0 Å². The zero-order valence-electron chi connectivity index (χ0n) is 11.3. The number of aliphatic hydroxyl groups is 1. The largest absolute Gasteiger partial charge is 0.394 e. The van der Waals surface area contributed by atoms with Gasteiger partial charge in [-0.15, -0.1) is 0 Å². The van der Waals surface area contributed by atoms with Crippen molar-refractivity contribution in [1.29, 1.82) is 0 Å². The lowest BCUT2D eigenvalue weighted by molar-refractivity contribution is -0.130. The molecular formula is C13H21N3O3. The fraction of sp³-hybridized carbons (Fsp3) is 0.769. The van der Waals surface area contributed by atoms with Crippen LogP contribution in [0.2, 0.25) is 0 Å². The van der Waals surface area contributed by atoms with Gasteiger partial charge in [-0.25, -0.2) is 5.01 Å². The molecule has 0 spiro atoms. The first-order valence-corrected chi connectivity index (χ1v) is 6.84. The maximum atomic E-state index is 12.2. The van der Waals surface area contributed by atoms with Gasteiger partial charge in [-0.3, -0.25) is 9.59 Å². The molecule has 1 fully saturated rings. The molecule has 0 atom stereocenters. The normalized spacial score (nSPS) is 22.9. The van der Waals surface area contributed by atoms with Crippen molar-refractivity contribution in [3.05, 3.63) is 0 Å². The highest BCUT2D eigenvalue weighted by Crippen LogP contribution is 2.27. The fourth-order valence-corrected chi connectivity index (χ4v) is 2.70. The Hall–Kier alpha value is -1.43. The summed E-state index contributed by atoms with van der Waals surface area (Å²) in [5.74, 6) is -0.332. The average molecular weight is 267 g/mol. The number of carbonyl (C=O) groups is 2. The number of hydrazone groups is 1. The van der Waals surface area contributed by atoms with Crippen LogP contribution in [0.1, 0.15) is 44.9 Å². The van der Waals surface area contributed by atoms with Gasteiger partial charge in [0.15, 0.2) is 0 Å². The molecule has 1 heterocycles. The van der Waals surface area contributed by atoms with Crippen LogP contribution < -0.4 is 5.32 Å². The molecule has 2 rings (SSSR count). The predicted octanol–water partition coefficient (Wildman–Crippen LogP) is 0.406. The van der Waals surface area contributed by atoms with Gasteiger partial charge in [0, 0.05) is 19.9 Å².